The molecule has 1 heterocycles. The number of aldehydes is 1. The summed E-state index contributed by atoms with van der Waals surface area (Å²) in [5.41, 5.74) is 8.03. The fourth-order valence-electron chi connectivity index (χ4n) is 4.61. The highest BCUT2D eigenvalue weighted by atomic mass is 32.2. The standard InChI is InChI=1S/C29H25N3O3S/c1-18-11-12-19(2)27(36-28-26(16-33)30-13-14-31-28)24(18)15-32-29(34)35-17-25-22-9-5-3-7-20(22)21-8-4-6-10-23(21)25/h3-14,16,25H,15,17H2,1-2H3,(H,32,34). The van der Waals surface area contributed by atoms with E-state index < -0.39 is 6.09 Å². The van der Waals surface area contributed by atoms with Crippen molar-refractivity contribution in [2.24, 2.45) is 0 Å². The zero-order valence-corrected chi connectivity index (χ0v) is 20.8. The topological polar surface area (TPSA) is 81.2 Å². The van der Waals surface area contributed by atoms with Gasteiger partial charge in [0.25, 0.3) is 0 Å². The summed E-state index contributed by atoms with van der Waals surface area (Å²) < 4.78 is 5.70. The Hall–Kier alpha value is -3.97. The largest absolute Gasteiger partial charge is 0.449 e. The zero-order valence-electron chi connectivity index (χ0n) is 20.0. The van der Waals surface area contributed by atoms with Gasteiger partial charge in [-0.3, -0.25) is 4.79 Å². The number of amides is 1. The molecule has 7 heteroatoms. The number of fused-ring (bicyclic) bond motifs is 3. The summed E-state index contributed by atoms with van der Waals surface area (Å²) in [6, 6.07) is 20.6. The molecule has 1 aromatic heterocycles. The Bertz CT molecular complexity index is 1410. The number of aromatic nitrogens is 2. The zero-order chi connectivity index (χ0) is 25.1. The Morgan fingerprint density at radius 2 is 1.58 bits per heavy atom. The molecule has 0 saturated heterocycles. The van der Waals surface area contributed by atoms with Gasteiger partial charge in [0.15, 0.2) is 6.29 Å². The van der Waals surface area contributed by atoms with Crippen LogP contribution in [0.2, 0.25) is 0 Å². The maximum atomic E-state index is 12.8. The average Bonchev–Trinajstić information content (AvgIpc) is 3.23. The van der Waals surface area contributed by atoms with Crippen molar-refractivity contribution in [3.05, 3.63) is 107 Å². The highest BCUT2D eigenvalue weighted by Crippen LogP contribution is 2.44. The second kappa shape index (κ2) is 10.3. The lowest BCUT2D eigenvalue weighted by atomic mass is 9.98. The predicted octanol–water partition coefficient (Wildman–Crippen LogP) is 6.10. The van der Waals surface area contributed by atoms with Crippen LogP contribution in [-0.4, -0.2) is 29.0 Å². The maximum absolute atomic E-state index is 12.8. The van der Waals surface area contributed by atoms with E-state index in [-0.39, 0.29) is 12.5 Å². The van der Waals surface area contributed by atoms with E-state index in [1.165, 1.54) is 40.2 Å². The van der Waals surface area contributed by atoms with Gasteiger partial charge in [0.1, 0.15) is 17.3 Å². The lowest BCUT2D eigenvalue weighted by molar-refractivity contribution is 0.111. The summed E-state index contributed by atoms with van der Waals surface area (Å²) in [6.07, 6.45) is 3.29. The first-order valence-corrected chi connectivity index (χ1v) is 12.5. The minimum atomic E-state index is -0.471. The second-order valence-corrected chi connectivity index (χ2v) is 9.65. The Labute approximate surface area is 214 Å². The van der Waals surface area contributed by atoms with Gasteiger partial charge in [-0.05, 0) is 52.8 Å². The van der Waals surface area contributed by atoms with E-state index >= 15 is 0 Å². The molecule has 6 nitrogen and oxygen atoms in total. The summed E-state index contributed by atoms with van der Waals surface area (Å²) >= 11 is 1.38. The van der Waals surface area contributed by atoms with Crippen LogP contribution >= 0.6 is 11.8 Å². The highest BCUT2D eigenvalue weighted by molar-refractivity contribution is 7.99. The van der Waals surface area contributed by atoms with E-state index in [1.54, 1.807) is 6.20 Å². The molecule has 0 aliphatic heterocycles. The third kappa shape index (κ3) is 4.62. The Kier molecular flexibility index (Phi) is 6.82. The number of nitrogens with zero attached hydrogens (tertiary/aromatic N) is 2. The molecule has 5 rings (SSSR count). The van der Waals surface area contributed by atoms with Gasteiger partial charge in [-0.25, -0.2) is 14.8 Å². The molecule has 1 aliphatic carbocycles. The van der Waals surface area contributed by atoms with Crippen molar-refractivity contribution in [1.82, 2.24) is 15.3 Å². The summed E-state index contributed by atoms with van der Waals surface area (Å²) in [6.45, 7) is 4.55. The van der Waals surface area contributed by atoms with Crippen LogP contribution in [0.5, 0.6) is 0 Å². The first kappa shape index (κ1) is 23.8. The lowest BCUT2D eigenvalue weighted by Crippen LogP contribution is -2.26. The van der Waals surface area contributed by atoms with Crippen molar-refractivity contribution in [2.75, 3.05) is 6.61 Å². The van der Waals surface area contributed by atoms with E-state index in [1.807, 2.05) is 50.2 Å². The van der Waals surface area contributed by atoms with Gasteiger partial charge in [-0.1, -0.05) is 72.4 Å². The molecule has 0 unspecified atom stereocenters. The van der Waals surface area contributed by atoms with Crippen LogP contribution in [-0.2, 0) is 11.3 Å². The normalized spacial score (nSPS) is 12.1. The fraction of sp³-hybridized carbons (Fsp3) is 0.172. The number of rotatable bonds is 7. The number of alkyl carbamates (subject to hydrolysis) is 1. The number of carbonyl (C=O) groups excluding carboxylic acids is 2. The molecule has 36 heavy (non-hydrogen) atoms. The van der Waals surface area contributed by atoms with Gasteiger partial charge >= 0.3 is 6.09 Å². The van der Waals surface area contributed by atoms with Gasteiger partial charge in [-0.15, -0.1) is 0 Å². The maximum Gasteiger partial charge on any atom is 0.407 e. The molecule has 0 saturated carbocycles. The van der Waals surface area contributed by atoms with E-state index in [0.717, 1.165) is 21.6 Å². The van der Waals surface area contributed by atoms with Crippen molar-refractivity contribution in [3.8, 4) is 11.1 Å². The van der Waals surface area contributed by atoms with Crippen LogP contribution in [0.4, 0.5) is 4.79 Å². The minimum Gasteiger partial charge on any atom is -0.449 e. The Balaban J connectivity index is 1.29. The quantitative estimate of drug-likeness (QED) is 0.312. The lowest BCUT2D eigenvalue weighted by Gasteiger charge is -2.17. The van der Waals surface area contributed by atoms with Crippen LogP contribution < -0.4 is 5.32 Å². The molecule has 0 radical (unpaired) electrons. The predicted molar refractivity (Wildman–Crippen MR) is 139 cm³/mol. The molecular formula is C29H25N3O3S. The molecule has 0 fully saturated rings. The first-order chi connectivity index (χ1) is 17.6. The molecule has 1 aliphatic rings. The molecule has 0 atom stereocenters. The van der Waals surface area contributed by atoms with Gasteiger partial charge in [0, 0.05) is 29.8 Å². The monoisotopic (exact) mass is 495 g/mol. The van der Waals surface area contributed by atoms with Crippen molar-refractivity contribution in [2.45, 2.75) is 36.2 Å². The number of hydrogen-bond donors (Lipinski definition) is 1. The van der Waals surface area contributed by atoms with E-state index in [0.29, 0.717) is 23.6 Å². The Morgan fingerprint density at radius 3 is 2.28 bits per heavy atom. The van der Waals surface area contributed by atoms with Crippen molar-refractivity contribution in [1.29, 1.82) is 0 Å². The fourth-order valence-corrected chi connectivity index (χ4v) is 5.71. The number of aryl methyl sites for hydroxylation is 2. The third-order valence-corrected chi connectivity index (χ3v) is 7.73. The molecule has 0 bridgehead atoms. The van der Waals surface area contributed by atoms with E-state index in [9.17, 15) is 9.59 Å². The van der Waals surface area contributed by atoms with Crippen LogP contribution in [0.25, 0.3) is 11.1 Å². The van der Waals surface area contributed by atoms with Gasteiger partial charge in [0.2, 0.25) is 0 Å². The van der Waals surface area contributed by atoms with Crippen LogP contribution in [0.15, 0.2) is 83.0 Å². The number of benzene rings is 3. The Morgan fingerprint density at radius 1 is 0.944 bits per heavy atom. The van der Waals surface area contributed by atoms with E-state index in [2.05, 4.69) is 39.6 Å². The minimum absolute atomic E-state index is 0.00777. The first-order valence-electron chi connectivity index (χ1n) is 11.7. The summed E-state index contributed by atoms with van der Waals surface area (Å²) in [5, 5.41) is 3.44. The smallest absolute Gasteiger partial charge is 0.407 e. The summed E-state index contributed by atoms with van der Waals surface area (Å²) in [4.78, 5) is 33.5. The van der Waals surface area contributed by atoms with Crippen LogP contribution in [0, 0.1) is 13.8 Å². The molecule has 1 N–H and O–H groups in total. The molecule has 3 aromatic carbocycles. The second-order valence-electron chi connectivity index (χ2n) is 8.65. The molecule has 0 spiro atoms. The van der Waals surface area contributed by atoms with Gasteiger partial charge in [-0.2, -0.15) is 0 Å². The van der Waals surface area contributed by atoms with Crippen LogP contribution in [0.3, 0.4) is 0 Å². The number of carbonyl (C=O) groups is 2. The molecule has 4 aromatic rings. The van der Waals surface area contributed by atoms with Crippen molar-refractivity contribution >= 4 is 24.1 Å². The SMILES string of the molecule is Cc1ccc(C)c(Sc2nccnc2C=O)c1CNC(=O)OCC1c2ccccc2-c2ccccc21. The summed E-state index contributed by atoms with van der Waals surface area (Å²) in [7, 11) is 0. The third-order valence-electron chi connectivity index (χ3n) is 6.45. The van der Waals surface area contributed by atoms with E-state index in [4.69, 9.17) is 4.74 Å². The van der Waals surface area contributed by atoms with Crippen molar-refractivity contribution < 1.29 is 14.3 Å². The molecular weight excluding hydrogens is 470 g/mol. The van der Waals surface area contributed by atoms with Gasteiger partial charge < -0.3 is 10.1 Å². The molecule has 180 valence electrons. The number of hydrogen-bond acceptors (Lipinski definition) is 6. The molecule has 1 amide bonds. The van der Waals surface area contributed by atoms with Crippen molar-refractivity contribution in [3.63, 3.8) is 0 Å². The summed E-state index contributed by atoms with van der Waals surface area (Å²) in [5.74, 6) is 0.00777. The number of ether oxygens (including phenoxy) is 1. The average molecular weight is 496 g/mol. The van der Waals surface area contributed by atoms with Gasteiger partial charge in [0.05, 0.1) is 0 Å². The highest BCUT2D eigenvalue weighted by Gasteiger charge is 2.29. The van der Waals surface area contributed by atoms with Crippen LogP contribution in [0.1, 0.15) is 44.2 Å². The number of nitrogens with one attached hydrogen (secondary N) is 1.